The molecule has 0 saturated carbocycles. The lowest BCUT2D eigenvalue weighted by Gasteiger charge is -2.36. The van der Waals surface area contributed by atoms with Gasteiger partial charge >= 0.3 is 0 Å². The number of carbonyl (C=O) groups excluding carboxylic acids is 4. The van der Waals surface area contributed by atoms with Crippen LogP contribution in [0.4, 0.5) is 0 Å². The van der Waals surface area contributed by atoms with Crippen molar-refractivity contribution in [2.45, 2.75) is 137 Å². The summed E-state index contributed by atoms with van der Waals surface area (Å²) in [6.45, 7) is 19.0. The Bertz CT molecular complexity index is 834. The minimum absolute atomic E-state index is 0.0773. The van der Waals surface area contributed by atoms with Crippen molar-refractivity contribution < 1.29 is 23.9 Å². The van der Waals surface area contributed by atoms with E-state index in [1.54, 1.807) is 0 Å². The molecule has 0 aromatic rings. The van der Waals surface area contributed by atoms with Crippen molar-refractivity contribution in [1.82, 2.24) is 15.5 Å². The number of amides is 4. The van der Waals surface area contributed by atoms with E-state index < -0.39 is 0 Å². The fourth-order valence-electron chi connectivity index (χ4n) is 5.33. The first-order chi connectivity index (χ1) is 19.3. The number of nitrogens with zero attached hydrogens (tertiary/aromatic N) is 1. The van der Waals surface area contributed by atoms with E-state index in [9.17, 15) is 19.2 Å². The van der Waals surface area contributed by atoms with E-state index >= 15 is 0 Å². The average molecular weight is 598 g/mol. The SMILES string of the molecule is CCSC1CC(=O)N(CCC(=O)NCC(CC)(CC)CCOC(CC)(CC)CCCNC(=O)CCC(C)(C)C)C1=O. The summed E-state index contributed by atoms with van der Waals surface area (Å²) in [5.41, 5.74) is -0.132. The topological polar surface area (TPSA) is 105 Å². The molecule has 0 aliphatic carbocycles. The van der Waals surface area contributed by atoms with E-state index in [1.165, 1.54) is 16.7 Å². The van der Waals surface area contributed by atoms with E-state index in [0.717, 1.165) is 57.1 Å². The molecule has 0 aromatic heterocycles. The van der Waals surface area contributed by atoms with E-state index in [1.807, 2.05) is 6.92 Å². The van der Waals surface area contributed by atoms with Gasteiger partial charge in [0.2, 0.25) is 23.6 Å². The maximum Gasteiger partial charge on any atom is 0.242 e. The maximum atomic E-state index is 12.7. The molecule has 1 fully saturated rings. The molecule has 0 aromatic carbocycles. The Kier molecular flexibility index (Phi) is 16.6. The van der Waals surface area contributed by atoms with Crippen molar-refractivity contribution in [2.75, 3.05) is 32.0 Å². The van der Waals surface area contributed by atoms with Gasteiger partial charge in [-0.25, -0.2) is 0 Å². The summed E-state index contributed by atoms with van der Waals surface area (Å²) in [5, 5.41) is 5.83. The maximum absolute atomic E-state index is 12.7. The summed E-state index contributed by atoms with van der Waals surface area (Å²) in [4.78, 5) is 50.8. The van der Waals surface area contributed by atoms with Crippen molar-refractivity contribution in [3.05, 3.63) is 0 Å². The van der Waals surface area contributed by atoms with Crippen LogP contribution in [0.15, 0.2) is 0 Å². The van der Waals surface area contributed by atoms with Gasteiger partial charge in [-0.05, 0) is 67.9 Å². The third kappa shape index (κ3) is 13.1. The third-order valence-corrected chi connectivity index (χ3v) is 9.96. The Balaban J connectivity index is 2.53. The average Bonchev–Trinajstić information content (AvgIpc) is 3.21. The zero-order chi connectivity index (χ0) is 31.1. The fourth-order valence-corrected chi connectivity index (χ4v) is 6.26. The molecule has 0 radical (unpaired) electrons. The van der Waals surface area contributed by atoms with Crippen LogP contribution in [0, 0.1) is 10.8 Å². The Morgan fingerprint density at radius 1 is 0.902 bits per heavy atom. The second-order valence-electron chi connectivity index (χ2n) is 12.8. The summed E-state index contributed by atoms with van der Waals surface area (Å²) in [6.07, 6.45) is 8.07. The molecule has 238 valence electrons. The second kappa shape index (κ2) is 18.1. The Hall–Kier alpha value is -1.61. The standard InChI is InChI=1S/C32H59N3O5S/c1-9-31(10-2,24-34-27(37)16-21-35-28(38)23-25(29(35)39)41-13-5)19-22-40-32(11-3,12-4)17-14-20-33-26(36)15-18-30(6,7)8/h25H,9-24H2,1-8H3,(H,33,36)(H,34,37). The third-order valence-electron chi connectivity index (χ3n) is 8.86. The van der Waals surface area contributed by atoms with Crippen LogP contribution in [0.2, 0.25) is 0 Å². The van der Waals surface area contributed by atoms with E-state index in [-0.39, 0.29) is 64.7 Å². The van der Waals surface area contributed by atoms with Crippen molar-refractivity contribution in [3.8, 4) is 0 Å². The molecule has 1 aliphatic heterocycles. The molecule has 1 heterocycles. The molecule has 41 heavy (non-hydrogen) atoms. The van der Waals surface area contributed by atoms with E-state index in [2.05, 4.69) is 59.1 Å². The minimum atomic E-state index is -0.307. The largest absolute Gasteiger partial charge is 0.375 e. The van der Waals surface area contributed by atoms with Crippen LogP contribution in [0.5, 0.6) is 0 Å². The highest BCUT2D eigenvalue weighted by molar-refractivity contribution is 8.00. The van der Waals surface area contributed by atoms with Gasteiger partial charge in [-0.15, -0.1) is 11.8 Å². The summed E-state index contributed by atoms with van der Waals surface area (Å²) in [7, 11) is 0. The van der Waals surface area contributed by atoms with Crippen LogP contribution in [0.1, 0.15) is 126 Å². The van der Waals surface area contributed by atoms with Gasteiger partial charge in [0.1, 0.15) is 0 Å². The van der Waals surface area contributed by atoms with Gasteiger partial charge in [0.15, 0.2) is 0 Å². The monoisotopic (exact) mass is 597 g/mol. The van der Waals surface area contributed by atoms with Crippen molar-refractivity contribution >= 4 is 35.4 Å². The molecular weight excluding hydrogens is 538 g/mol. The van der Waals surface area contributed by atoms with Crippen molar-refractivity contribution in [2.24, 2.45) is 10.8 Å². The van der Waals surface area contributed by atoms with Crippen molar-refractivity contribution in [1.29, 1.82) is 0 Å². The molecule has 1 atom stereocenters. The number of hydrogen-bond donors (Lipinski definition) is 2. The van der Waals surface area contributed by atoms with Crippen LogP contribution in [0.25, 0.3) is 0 Å². The lowest BCUT2D eigenvalue weighted by Crippen LogP contribution is -2.41. The number of imide groups is 1. The molecule has 2 N–H and O–H groups in total. The molecule has 1 unspecified atom stereocenters. The lowest BCUT2D eigenvalue weighted by molar-refractivity contribution is -0.138. The van der Waals surface area contributed by atoms with Crippen LogP contribution in [-0.2, 0) is 23.9 Å². The number of thioether (sulfide) groups is 1. The Labute approximate surface area is 254 Å². The molecule has 8 nitrogen and oxygen atoms in total. The molecule has 9 heteroatoms. The number of ether oxygens (including phenoxy) is 1. The highest BCUT2D eigenvalue weighted by Crippen LogP contribution is 2.33. The lowest BCUT2D eigenvalue weighted by atomic mass is 9.79. The van der Waals surface area contributed by atoms with Gasteiger partial charge in [0.25, 0.3) is 0 Å². The van der Waals surface area contributed by atoms with Gasteiger partial charge in [0.05, 0.1) is 10.9 Å². The zero-order valence-corrected chi connectivity index (χ0v) is 28.1. The van der Waals surface area contributed by atoms with Gasteiger partial charge in [-0.1, -0.05) is 55.4 Å². The first-order valence-electron chi connectivity index (χ1n) is 15.9. The second-order valence-corrected chi connectivity index (χ2v) is 14.2. The number of carbonyl (C=O) groups is 4. The smallest absolute Gasteiger partial charge is 0.242 e. The molecule has 0 bridgehead atoms. The molecule has 4 amide bonds. The molecule has 0 spiro atoms. The summed E-state index contributed by atoms with van der Waals surface area (Å²) in [6, 6.07) is 0. The summed E-state index contributed by atoms with van der Waals surface area (Å²) >= 11 is 1.49. The molecular formula is C32H59N3O5S. The van der Waals surface area contributed by atoms with Crippen LogP contribution >= 0.6 is 11.8 Å². The minimum Gasteiger partial charge on any atom is -0.375 e. The fraction of sp³-hybridized carbons (Fsp3) is 0.875. The predicted molar refractivity (Wildman–Crippen MR) is 169 cm³/mol. The molecule has 1 aliphatic rings. The molecule has 1 saturated heterocycles. The van der Waals surface area contributed by atoms with Crippen molar-refractivity contribution in [3.63, 3.8) is 0 Å². The van der Waals surface area contributed by atoms with Gasteiger partial charge in [-0.3, -0.25) is 24.1 Å². The predicted octanol–water partition coefficient (Wildman–Crippen LogP) is 5.87. The Morgan fingerprint density at radius 2 is 1.54 bits per heavy atom. The van der Waals surface area contributed by atoms with Crippen LogP contribution in [-0.4, -0.2) is 71.4 Å². The number of nitrogens with one attached hydrogen (secondary N) is 2. The normalized spacial score (nSPS) is 16.4. The summed E-state index contributed by atoms with van der Waals surface area (Å²) < 4.78 is 6.55. The first-order valence-corrected chi connectivity index (χ1v) is 17.0. The van der Waals surface area contributed by atoms with Gasteiger partial charge in [0, 0.05) is 45.5 Å². The molecule has 1 rings (SSSR count). The number of rotatable bonds is 21. The number of hydrogen-bond acceptors (Lipinski definition) is 6. The van der Waals surface area contributed by atoms with Crippen LogP contribution in [0.3, 0.4) is 0 Å². The summed E-state index contributed by atoms with van der Waals surface area (Å²) in [5.74, 6) is 0.425. The first kappa shape index (κ1) is 37.4. The van der Waals surface area contributed by atoms with E-state index in [4.69, 9.17) is 4.74 Å². The quantitative estimate of drug-likeness (QED) is 0.127. The van der Waals surface area contributed by atoms with Gasteiger partial charge < -0.3 is 15.4 Å². The Morgan fingerprint density at radius 3 is 2.10 bits per heavy atom. The highest BCUT2D eigenvalue weighted by atomic mass is 32.2. The van der Waals surface area contributed by atoms with Crippen LogP contribution < -0.4 is 10.6 Å². The van der Waals surface area contributed by atoms with Gasteiger partial charge in [-0.2, -0.15) is 0 Å². The van der Waals surface area contributed by atoms with E-state index in [0.29, 0.717) is 26.1 Å². The number of likely N-dealkylation sites (tertiary alicyclic amines) is 1. The zero-order valence-electron chi connectivity index (χ0n) is 27.3. The highest BCUT2D eigenvalue weighted by Gasteiger charge is 2.38.